The fourth-order valence-corrected chi connectivity index (χ4v) is 5.10. The topological polar surface area (TPSA) is 36.9 Å². The first-order valence-electron chi connectivity index (χ1n) is 9.93. The zero-order valence-electron chi connectivity index (χ0n) is 14.7. The molecule has 4 nitrogen and oxygen atoms in total. The summed E-state index contributed by atoms with van der Waals surface area (Å²) in [6.07, 6.45) is 11.2. The predicted octanol–water partition coefficient (Wildman–Crippen LogP) is 3.03. The molecule has 1 N–H and O–H groups in total. The lowest BCUT2D eigenvalue weighted by Gasteiger charge is -2.26. The Morgan fingerprint density at radius 2 is 2.13 bits per heavy atom. The van der Waals surface area contributed by atoms with E-state index in [4.69, 9.17) is 9.73 Å². The number of likely N-dealkylation sites (tertiary alicyclic amines) is 1. The largest absolute Gasteiger partial charge is 0.381 e. The van der Waals surface area contributed by atoms with Crippen LogP contribution in [-0.2, 0) is 4.74 Å². The minimum atomic E-state index is 0.419. The Labute approximate surface area is 141 Å². The maximum absolute atomic E-state index is 5.67. The van der Waals surface area contributed by atoms with Crippen molar-refractivity contribution < 1.29 is 4.74 Å². The maximum Gasteiger partial charge on any atom is 0.194 e. The van der Waals surface area contributed by atoms with Crippen LogP contribution in [0.4, 0.5) is 0 Å². The van der Waals surface area contributed by atoms with Crippen LogP contribution in [0.25, 0.3) is 0 Å². The number of aliphatic imine (C=N–C) groups is 1. The number of nitrogens with zero attached hydrogens (tertiary/aromatic N) is 2. The van der Waals surface area contributed by atoms with E-state index in [2.05, 4.69) is 17.1 Å². The molecule has 4 heteroatoms. The van der Waals surface area contributed by atoms with Gasteiger partial charge < -0.3 is 15.0 Å². The van der Waals surface area contributed by atoms with Gasteiger partial charge in [0.1, 0.15) is 0 Å². The van der Waals surface area contributed by atoms with E-state index in [9.17, 15) is 0 Å². The summed E-state index contributed by atoms with van der Waals surface area (Å²) in [5.74, 6) is 3.08. The van der Waals surface area contributed by atoms with Crippen molar-refractivity contribution >= 4 is 5.96 Å². The van der Waals surface area contributed by atoms with Gasteiger partial charge in [0.25, 0.3) is 0 Å². The van der Waals surface area contributed by atoms with Crippen molar-refractivity contribution in [2.75, 3.05) is 32.8 Å². The fraction of sp³-hybridized carbons (Fsp3) is 0.947. The Balaban J connectivity index is 1.33. The second-order valence-electron chi connectivity index (χ2n) is 8.32. The summed E-state index contributed by atoms with van der Waals surface area (Å²) in [5.41, 5.74) is 0.419. The first-order chi connectivity index (χ1) is 11.3. The molecular formula is C19H33N3O. The molecule has 2 aliphatic carbocycles. The van der Waals surface area contributed by atoms with E-state index in [1.54, 1.807) is 0 Å². The molecule has 23 heavy (non-hydrogen) atoms. The first-order valence-corrected chi connectivity index (χ1v) is 9.93. The molecule has 2 aliphatic heterocycles. The van der Waals surface area contributed by atoms with Crippen molar-refractivity contribution in [1.82, 2.24) is 10.2 Å². The first kappa shape index (κ1) is 15.7. The molecule has 0 aromatic rings. The van der Waals surface area contributed by atoms with Crippen LogP contribution in [0.1, 0.15) is 58.3 Å². The minimum absolute atomic E-state index is 0.419. The molecule has 4 fully saturated rings. The number of hydrogen-bond acceptors (Lipinski definition) is 2. The molecule has 0 aromatic carbocycles. The van der Waals surface area contributed by atoms with Gasteiger partial charge in [-0.25, -0.2) is 0 Å². The van der Waals surface area contributed by atoms with Gasteiger partial charge in [-0.2, -0.15) is 0 Å². The van der Waals surface area contributed by atoms with E-state index >= 15 is 0 Å². The molecule has 4 aliphatic rings. The van der Waals surface area contributed by atoms with Crippen molar-refractivity contribution in [2.24, 2.45) is 22.2 Å². The molecule has 0 radical (unpaired) electrons. The average molecular weight is 319 g/mol. The summed E-state index contributed by atoms with van der Waals surface area (Å²) in [4.78, 5) is 7.32. The molecule has 2 saturated carbocycles. The smallest absolute Gasteiger partial charge is 0.194 e. The lowest BCUT2D eigenvalue weighted by molar-refractivity contribution is 0.156. The highest BCUT2D eigenvalue weighted by molar-refractivity contribution is 5.81. The normalized spacial score (nSPS) is 38.5. The van der Waals surface area contributed by atoms with E-state index in [1.807, 2.05) is 0 Å². The van der Waals surface area contributed by atoms with E-state index in [1.165, 1.54) is 57.3 Å². The van der Waals surface area contributed by atoms with Gasteiger partial charge in [-0.15, -0.1) is 0 Å². The van der Waals surface area contributed by atoms with Crippen LogP contribution in [0.3, 0.4) is 0 Å². The Kier molecular flexibility index (Phi) is 4.53. The summed E-state index contributed by atoms with van der Waals surface area (Å²) in [6, 6.07) is 0.694. The van der Waals surface area contributed by atoms with E-state index in [0.29, 0.717) is 11.5 Å². The summed E-state index contributed by atoms with van der Waals surface area (Å²) in [5, 5.41) is 3.82. The molecule has 130 valence electrons. The molecule has 0 bridgehead atoms. The van der Waals surface area contributed by atoms with Gasteiger partial charge in [0.05, 0.1) is 6.61 Å². The number of ether oxygens (including phenoxy) is 1. The van der Waals surface area contributed by atoms with Crippen molar-refractivity contribution in [3.05, 3.63) is 0 Å². The van der Waals surface area contributed by atoms with Gasteiger partial charge in [-0.3, -0.25) is 4.99 Å². The molecule has 1 spiro atoms. The number of hydrogen-bond donors (Lipinski definition) is 1. The van der Waals surface area contributed by atoms with Crippen molar-refractivity contribution in [3.8, 4) is 0 Å². The van der Waals surface area contributed by atoms with Gasteiger partial charge >= 0.3 is 0 Å². The van der Waals surface area contributed by atoms with Crippen LogP contribution in [0.5, 0.6) is 0 Å². The molecule has 4 rings (SSSR count). The second-order valence-corrected chi connectivity index (χ2v) is 8.32. The van der Waals surface area contributed by atoms with Crippen LogP contribution in [0.2, 0.25) is 0 Å². The lowest BCUT2D eigenvalue weighted by Crippen LogP contribution is -2.43. The zero-order chi connectivity index (χ0) is 15.7. The summed E-state index contributed by atoms with van der Waals surface area (Å²) in [7, 11) is 0. The quantitative estimate of drug-likeness (QED) is 0.642. The van der Waals surface area contributed by atoms with Gasteiger partial charge in [0.2, 0.25) is 0 Å². The average Bonchev–Trinajstić information content (AvgIpc) is 3.01. The monoisotopic (exact) mass is 319 g/mol. The third-order valence-corrected chi connectivity index (χ3v) is 6.64. The van der Waals surface area contributed by atoms with Crippen LogP contribution in [0, 0.1) is 17.3 Å². The van der Waals surface area contributed by atoms with E-state index < -0.39 is 0 Å². The van der Waals surface area contributed by atoms with Gasteiger partial charge in [-0.05, 0) is 38.0 Å². The number of rotatable bonds is 3. The summed E-state index contributed by atoms with van der Waals surface area (Å²) < 4.78 is 5.67. The van der Waals surface area contributed by atoms with Crippen LogP contribution in [-0.4, -0.2) is 49.7 Å². The van der Waals surface area contributed by atoms with Crippen LogP contribution < -0.4 is 5.32 Å². The van der Waals surface area contributed by atoms with Crippen molar-refractivity contribution in [1.29, 1.82) is 0 Å². The Morgan fingerprint density at radius 1 is 1.26 bits per heavy atom. The van der Waals surface area contributed by atoms with Gasteiger partial charge in [0, 0.05) is 37.7 Å². The number of nitrogens with one attached hydrogen (secondary N) is 1. The molecule has 3 atom stereocenters. The third kappa shape index (κ3) is 3.38. The summed E-state index contributed by atoms with van der Waals surface area (Å²) in [6.45, 7) is 7.22. The lowest BCUT2D eigenvalue weighted by atomic mass is 9.85. The van der Waals surface area contributed by atoms with Crippen molar-refractivity contribution in [2.45, 2.75) is 64.3 Å². The maximum atomic E-state index is 5.67. The van der Waals surface area contributed by atoms with Gasteiger partial charge in [0.15, 0.2) is 5.96 Å². The highest BCUT2D eigenvalue weighted by Crippen LogP contribution is 2.45. The standard InChI is InChI=1S/C19H33N3O/c1-2-20-18(22-10-8-19(13-22)9-11-23-14-19)21-17-12-16(17)15-6-4-3-5-7-15/h15-17H,2-14H2,1H3,(H,20,21). The van der Waals surface area contributed by atoms with E-state index in [-0.39, 0.29) is 0 Å². The Bertz CT molecular complexity index is 438. The zero-order valence-corrected chi connectivity index (χ0v) is 14.7. The fourth-order valence-electron chi connectivity index (χ4n) is 5.10. The molecule has 0 aromatic heterocycles. The second kappa shape index (κ2) is 6.62. The summed E-state index contributed by atoms with van der Waals surface area (Å²) >= 11 is 0. The number of guanidine groups is 1. The highest BCUT2D eigenvalue weighted by Gasteiger charge is 2.46. The molecule has 2 heterocycles. The van der Waals surface area contributed by atoms with Crippen molar-refractivity contribution in [3.63, 3.8) is 0 Å². The SMILES string of the molecule is CCN=C(NC1CC1C1CCCCC1)N1CCC2(CCOC2)C1. The molecular weight excluding hydrogens is 286 g/mol. The Morgan fingerprint density at radius 3 is 2.87 bits per heavy atom. The van der Waals surface area contributed by atoms with Crippen LogP contribution in [0.15, 0.2) is 4.99 Å². The third-order valence-electron chi connectivity index (χ3n) is 6.64. The van der Waals surface area contributed by atoms with Crippen LogP contribution >= 0.6 is 0 Å². The predicted molar refractivity (Wildman–Crippen MR) is 93.6 cm³/mol. The van der Waals surface area contributed by atoms with Gasteiger partial charge in [-0.1, -0.05) is 32.1 Å². The molecule has 0 amide bonds. The highest BCUT2D eigenvalue weighted by atomic mass is 16.5. The Hall–Kier alpha value is -0.770. The molecule has 3 unspecified atom stereocenters. The van der Waals surface area contributed by atoms with E-state index in [0.717, 1.165) is 44.7 Å². The minimum Gasteiger partial charge on any atom is -0.381 e. The molecule has 2 saturated heterocycles.